The van der Waals surface area contributed by atoms with E-state index < -0.39 is 0 Å². The summed E-state index contributed by atoms with van der Waals surface area (Å²) in [6, 6.07) is 10.6. The molecule has 4 heteroatoms. The van der Waals surface area contributed by atoms with Crippen molar-refractivity contribution in [2.45, 2.75) is 30.9 Å². The molecular weight excluding hydrogens is 278 g/mol. The number of anilines is 1. The minimum Gasteiger partial charge on any atom is -0.373 e. The average molecular weight is 301 g/mol. The van der Waals surface area contributed by atoms with Crippen molar-refractivity contribution in [2.75, 3.05) is 25.5 Å². The van der Waals surface area contributed by atoms with Gasteiger partial charge in [0.05, 0.1) is 5.52 Å². The van der Waals surface area contributed by atoms with Crippen molar-refractivity contribution in [1.29, 1.82) is 0 Å². The Kier molecular flexibility index (Phi) is 4.36. The summed E-state index contributed by atoms with van der Waals surface area (Å²) in [7, 11) is 1.96. The summed E-state index contributed by atoms with van der Waals surface area (Å²) in [5.41, 5.74) is 2.35. The predicted octanol–water partition coefficient (Wildman–Crippen LogP) is 3.60. The molecule has 0 radical (unpaired) electrons. The van der Waals surface area contributed by atoms with Crippen LogP contribution in [0.1, 0.15) is 19.4 Å². The molecule has 2 aromatic rings. The van der Waals surface area contributed by atoms with Crippen LogP contribution in [-0.4, -0.2) is 40.5 Å². The van der Waals surface area contributed by atoms with E-state index in [4.69, 9.17) is 4.98 Å². The molecule has 0 saturated carbocycles. The first kappa shape index (κ1) is 14.7. The van der Waals surface area contributed by atoms with Crippen molar-refractivity contribution in [3.8, 4) is 0 Å². The van der Waals surface area contributed by atoms with Gasteiger partial charge in [-0.15, -0.1) is 0 Å². The van der Waals surface area contributed by atoms with Gasteiger partial charge in [-0.2, -0.15) is 11.8 Å². The maximum Gasteiger partial charge on any atom is 0.130 e. The van der Waals surface area contributed by atoms with Crippen molar-refractivity contribution in [2.24, 2.45) is 0 Å². The Morgan fingerprint density at radius 2 is 1.95 bits per heavy atom. The lowest BCUT2D eigenvalue weighted by atomic mass is 10.1. The number of para-hydroxylation sites is 1. The highest BCUT2D eigenvalue weighted by molar-refractivity contribution is 8.00. The fourth-order valence-electron chi connectivity index (χ4n) is 3.15. The Balaban J connectivity index is 1.88. The smallest absolute Gasteiger partial charge is 0.130 e. The maximum absolute atomic E-state index is 4.75. The van der Waals surface area contributed by atoms with Crippen molar-refractivity contribution >= 4 is 28.5 Å². The number of benzene rings is 1. The van der Waals surface area contributed by atoms with Crippen LogP contribution in [0.5, 0.6) is 0 Å². The number of pyridine rings is 1. The fraction of sp³-hybridized carbons (Fsp3) is 0.471. The van der Waals surface area contributed by atoms with E-state index in [-0.39, 0.29) is 0 Å². The molecular formula is C17H23N3S. The Morgan fingerprint density at radius 1 is 1.24 bits per heavy atom. The Morgan fingerprint density at radius 3 is 2.67 bits per heavy atom. The Hall–Kier alpha value is -1.26. The van der Waals surface area contributed by atoms with Gasteiger partial charge in [0.25, 0.3) is 0 Å². The van der Waals surface area contributed by atoms with Crippen molar-refractivity contribution in [3.63, 3.8) is 0 Å². The second-order valence-electron chi connectivity index (χ2n) is 5.89. The van der Waals surface area contributed by atoms with Gasteiger partial charge in [0, 0.05) is 48.1 Å². The van der Waals surface area contributed by atoms with Gasteiger partial charge in [0.15, 0.2) is 0 Å². The van der Waals surface area contributed by atoms with E-state index in [1.807, 2.05) is 13.1 Å². The van der Waals surface area contributed by atoms with E-state index in [0.717, 1.165) is 31.0 Å². The summed E-state index contributed by atoms with van der Waals surface area (Å²) in [4.78, 5) is 7.31. The average Bonchev–Trinajstić information content (AvgIpc) is 2.45. The number of thioether (sulfide) groups is 1. The van der Waals surface area contributed by atoms with Crippen LogP contribution in [0.2, 0.25) is 0 Å². The van der Waals surface area contributed by atoms with Crippen LogP contribution in [0.25, 0.3) is 10.9 Å². The van der Waals surface area contributed by atoms with Gasteiger partial charge in [-0.1, -0.05) is 32.0 Å². The van der Waals surface area contributed by atoms with Gasteiger partial charge in [-0.05, 0) is 12.1 Å². The molecule has 1 aromatic heterocycles. The molecule has 112 valence electrons. The molecule has 1 N–H and O–H groups in total. The van der Waals surface area contributed by atoms with E-state index in [1.54, 1.807) is 0 Å². The number of nitrogens with one attached hydrogen (secondary N) is 1. The van der Waals surface area contributed by atoms with E-state index in [2.05, 4.69) is 60.1 Å². The third-order valence-corrected chi connectivity index (χ3v) is 5.16. The van der Waals surface area contributed by atoms with Gasteiger partial charge < -0.3 is 5.32 Å². The van der Waals surface area contributed by atoms with E-state index >= 15 is 0 Å². The highest BCUT2D eigenvalue weighted by Crippen LogP contribution is 2.28. The third-order valence-electron chi connectivity index (χ3n) is 3.93. The number of rotatable bonds is 3. The summed E-state index contributed by atoms with van der Waals surface area (Å²) in [6.45, 7) is 7.94. The summed E-state index contributed by atoms with van der Waals surface area (Å²) in [5, 5.41) is 5.90. The monoisotopic (exact) mass is 301 g/mol. The van der Waals surface area contributed by atoms with Gasteiger partial charge >= 0.3 is 0 Å². The second kappa shape index (κ2) is 6.24. The predicted molar refractivity (Wildman–Crippen MR) is 93.1 cm³/mol. The standard InChI is InChI=1S/C17H23N3S/c1-12-9-20(10-13(2)21-12)11-15-8-14-6-4-5-7-16(14)19-17(15)18-3/h4-8,12-13H,9-11H2,1-3H3,(H,18,19). The van der Waals surface area contributed by atoms with Crippen LogP contribution < -0.4 is 5.32 Å². The zero-order valence-electron chi connectivity index (χ0n) is 13.0. The molecule has 3 nitrogen and oxygen atoms in total. The SMILES string of the molecule is CNc1nc2ccccc2cc1CN1CC(C)SC(C)C1. The normalized spacial score (nSPS) is 23.4. The Labute approximate surface area is 131 Å². The van der Waals surface area contributed by atoms with Crippen molar-refractivity contribution < 1.29 is 0 Å². The zero-order valence-corrected chi connectivity index (χ0v) is 13.8. The van der Waals surface area contributed by atoms with Crippen LogP contribution in [0.15, 0.2) is 30.3 Å². The van der Waals surface area contributed by atoms with Crippen LogP contribution in [0.3, 0.4) is 0 Å². The van der Waals surface area contributed by atoms with Gasteiger partial charge in [-0.25, -0.2) is 4.98 Å². The molecule has 1 saturated heterocycles. The lowest BCUT2D eigenvalue weighted by molar-refractivity contribution is 0.263. The maximum atomic E-state index is 4.75. The van der Waals surface area contributed by atoms with Crippen LogP contribution in [0.4, 0.5) is 5.82 Å². The van der Waals surface area contributed by atoms with Crippen molar-refractivity contribution in [1.82, 2.24) is 9.88 Å². The van der Waals surface area contributed by atoms with Crippen LogP contribution in [0, 0.1) is 0 Å². The summed E-state index contributed by atoms with van der Waals surface area (Å²) >= 11 is 2.10. The van der Waals surface area contributed by atoms with Crippen LogP contribution >= 0.6 is 11.8 Å². The molecule has 2 atom stereocenters. The fourth-order valence-corrected chi connectivity index (χ4v) is 4.54. The number of hydrogen-bond donors (Lipinski definition) is 1. The first-order valence-electron chi connectivity index (χ1n) is 7.60. The number of aromatic nitrogens is 1. The molecule has 21 heavy (non-hydrogen) atoms. The molecule has 0 amide bonds. The molecule has 1 fully saturated rings. The molecule has 2 unspecified atom stereocenters. The minimum atomic E-state index is 0.709. The molecule has 1 aromatic carbocycles. The minimum absolute atomic E-state index is 0.709. The topological polar surface area (TPSA) is 28.2 Å². The first-order chi connectivity index (χ1) is 10.2. The largest absolute Gasteiger partial charge is 0.373 e. The van der Waals surface area contributed by atoms with E-state index in [1.165, 1.54) is 10.9 Å². The van der Waals surface area contributed by atoms with Gasteiger partial charge in [0.1, 0.15) is 5.82 Å². The molecule has 1 aliphatic heterocycles. The molecule has 0 bridgehead atoms. The third kappa shape index (κ3) is 3.33. The lowest BCUT2D eigenvalue weighted by Crippen LogP contribution is -2.39. The lowest BCUT2D eigenvalue weighted by Gasteiger charge is -2.34. The van der Waals surface area contributed by atoms with E-state index in [0.29, 0.717) is 10.5 Å². The van der Waals surface area contributed by atoms with Crippen molar-refractivity contribution in [3.05, 3.63) is 35.9 Å². The summed E-state index contributed by atoms with van der Waals surface area (Å²) in [5.74, 6) is 1.01. The van der Waals surface area contributed by atoms with E-state index in [9.17, 15) is 0 Å². The molecule has 1 aliphatic rings. The number of hydrogen-bond acceptors (Lipinski definition) is 4. The van der Waals surface area contributed by atoms with Gasteiger partial charge in [0.2, 0.25) is 0 Å². The number of fused-ring (bicyclic) bond motifs is 1. The second-order valence-corrected chi connectivity index (χ2v) is 7.77. The summed E-state index contributed by atoms with van der Waals surface area (Å²) < 4.78 is 0. The summed E-state index contributed by atoms with van der Waals surface area (Å²) in [6.07, 6.45) is 0. The highest BCUT2D eigenvalue weighted by atomic mass is 32.2. The van der Waals surface area contributed by atoms with Gasteiger partial charge in [-0.3, -0.25) is 4.90 Å². The molecule has 2 heterocycles. The molecule has 0 aliphatic carbocycles. The Bertz CT molecular complexity index is 618. The van der Waals surface area contributed by atoms with Crippen LogP contribution in [-0.2, 0) is 6.54 Å². The number of nitrogens with zero attached hydrogens (tertiary/aromatic N) is 2. The first-order valence-corrected chi connectivity index (χ1v) is 8.54. The molecule has 3 rings (SSSR count). The molecule has 0 spiro atoms. The highest BCUT2D eigenvalue weighted by Gasteiger charge is 2.23. The zero-order chi connectivity index (χ0) is 14.8. The quantitative estimate of drug-likeness (QED) is 0.937.